The standard InChI is InChI=1S/C16H16F2N2O/c1-2-10-5-3-4-6-11(10)9-20-16(21)13-7-12(17)8-14(19)15(13)18/h3-8H,2,9,19H2,1H3,(H,20,21). The number of nitrogens with one attached hydrogen (secondary N) is 1. The molecule has 0 aliphatic heterocycles. The van der Waals surface area contributed by atoms with Crippen molar-refractivity contribution in [3.05, 3.63) is 64.7 Å². The van der Waals surface area contributed by atoms with Crippen LogP contribution < -0.4 is 11.1 Å². The lowest BCUT2D eigenvalue weighted by Crippen LogP contribution is -2.25. The summed E-state index contributed by atoms with van der Waals surface area (Å²) in [5.41, 5.74) is 6.59. The van der Waals surface area contributed by atoms with E-state index >= 15 is 0 Å². The van der Waals surface area contributed by atoms with Crippen LogP contribution in [-0.4, -0.2) is 5.91 Å². The highest BCUT2D eigenvalue weighted by Gasteiger charge is 2.16. The van der Waals surface area contributed by atoms with E-state index in [1.807, 2.05) is 31.2 Å². The Morgan fingerprint density at radius 3 is 2.52 bits per heavy atom. The Morgan fingerprint density at radius 2 is 1.86 bits per heavy atom. The number of halogens is 2. The SMILES string of the molecule is CCc1ccccc1CNC(=O)c1cc(F)cc(N)c1F. The molecule has 0 radical (unpaired) electrons. The summed E-state index contributed by atoms with van der Waals surface area (Å²) < 4.78 is 27.0. The highest BCUT2D eigenvalue weighted by Crippen LogP contribution is 2.17. The molecule has 0 aliphatic rings. The van der Waals surface area contributed by atoms with Gasteiger partial charge in [-0.1, -0.05) is 31.2 Å². The minimum Gasteiger partial charge on any atom is -0.396 e. The summed E-state index contributed by atoms with van der Waals surface area (Å²) in [6, 6.07) is 9.31. The molecule has 21 heavy (non-hydrogen) atoms. The number of carbonyl (C=O) groups excluding carboxylic acids is 1. The second kappa shape index (κ2) is 6.35. The molecule has 0 aromatic heterocycles. The van der Waals surface area contributed by atoms with Gasteiger partial charge in [0, 0.05) is 6.54 Å². The summed E-state index contributed by atoms with van der Waals surface area (Å²) in [6.45, 7) is 2.26. The summed E-state index contributed by atoms with van der Waals surface area (Å²) in [4.78, 5) is 12.0. The number of benzene rings is 2. The zero-order valence-corrected chi connectivity index (χ0v) is 11.6. The molecule has 0 heterocycles. The van der Waals surface area contributed by atoms with Gasteiger partial charge in [0.2, 0.25) is 0 Å². The molecule has 0 unspecified atom stereocenters. The largest absolute Gasteiger partial charge is 0.396 e. The van der Waals surface area contributed by atoms with Gasteiger partial charge in [0.25, 0.3) is 5.91 Å². The number of aryl methyl sites for hydroxylation is 1. The van der Waals surface area contributed by atoms with E-state index in [9.17, 15) is 13.6 Å². The minimum atomic E-state index is -0.905. The van der Waals surface area contributed by atoms with Crippen molar-refractivity contribution in [3.8, 4) is 0 Å². The maximum atomic E-state index is 13.8. The van der Waals surface area contributed by atoms with E-state index in [0.29, 0.717) is 0 Å². The minimum absolute atomic E-state index is 0.249. The summed E-state index contributed by atoms with van der Waals surface area (Å²) in [6.07, 6.45) is 0.827. The number of amides is 1. The molecule has 110 valence electrons. The van der Waals surface area contributed by atoms with Crippen LogP contribution in [0.2, 0.25) is 0 Å². The molecule has 3 nitrogen and oxygen atoms in total. The second-order valence-corrected chi connectivity index (χ2v) is 4.66. The van der Waals surface area contributed by atoms with Crippen molar-refractivity contribution in [2.45, 2.75) is 19.9 Å². The van der Waals surface area contributed by atoms with Crippen LogP contribution in [0.15, 0.2) is 36.4 Å². The van der Waals surface area contributed by atoms with Crippen LogP contribution in [0.1, 0.15) is 28.4 Å². The Morgan fingerprint density at radius 1 is 1.19 bits per heavy atom. The number of nitrogen functional groups attached to an aromatic ring is 1. The molecule has 0 aliphatic carbocycles. The van der Waals surface area contributed by atoms with Crippen molar-refractivity contribution in [2.75, 3.05) is 5.73 Å². The average Bonchev–Trinajstić information content (AvgIpc) is 2.48. The van der Waals surface area contributed by atoms with Gasteiger partial charge in [0.15, 0.2) is 5.82 Å². The first-order valence-corrected chi connectivity index (χ1v) is 6.62. The van der Waals surface area contributed by atoms with Gasteiger partial charge in [0.05, 0.1) is 11.3 Å². The first-order chi connectivity index (χ1) is 10.0. The number of hydrogen-bond acceptors (Lipinski definition) is 2. The van der Waals surface area contributed by atoms with Crippen molar-refractivity contribution in [1.82, 2.24) is 5.32 Å². The van der Waals surface area contributed by atoms with Gasteiger partial charge in [-0.15, -0.1) is 0 Å². The van der Waals surface area contributed by atoms with E-state index in [-0.39, 0.29) is 17.8 Å². The topological polar surface area (TPSA) is 55.1 Å². The van der Waals surface area contributed by atoms with Crippen molar-refractivity contribution in [1.29, 1.82) is 0 Å². The van der Waals surface area contributed by atoms with Gasteiger partial charge in [-0.2, -0.15) is 0 Å². The van der Waals surface area contributed by atoms with Crippen molar-refractivity contribution >= 4 is 11.6 Å². The monoisotopic (exact) mass is 290 g/mol. The Labute approximate surface area is 121 Å². The summed E-state index contributed by atoms with van der Waals surface area (Å²) in [7, 11) is 0. The fourth-order valence-electron chi connectivity index (χ4n) is 2.12. The first kappa shape index (κ1) is 15.0. The van der Waals surface area contributed by atoms with Crippen LogP contribution in [0.5, 0.6) is 0 Å². The molecule has 2 rings (SSSR count). The third kappa shape index (κ3) is 3.37. The van der Waals surface area contributed by atoms with Crippen molar-refractivity contribution in [3.63, 3.8) is 0 Å². The normalized spacial score (nSPS) is 10.4. The lowest BCUT2D eigenvalue weighted by atomic mass is 10.1. The summed E-state index contributed by atoms with van der Waals surface area (Å²) >= 11 is 0. The van der Waals surface area contributed by atoms with E-state index in [1.54, 1.807) is 0 Å². The Hall–Kier alpha value is -2.43. The Kier molecular flexibility index (Phi) is 4.52. The molecule has 1 amide bonds. The number of anilines is 1. The maximum Gasteiger partial charge on any atom is 0.254 e. The van der Waals surface area contributed by atoms with Crippen molar-refractivity contribution in [2.24, 2.45) is 0 Å². The fraction of sp³-hybridized carbons (Fsp3) is 0.188. The van der Waals surface area contributed by atoms with Gasteiger partial charge in [-0.25, -0.2) is 8.78 Å². The third-order valence-corrected chi connectivity index (χ3v) is 3.25. The van der Waals surface area contributed by atoms with Crippen LogP contribution in [0.4, 0.5) is 14.5 Å². The zero-order valence-electron chi connectivity index (χ0n) is 11.6. The predicted molar refractivity (Wildman–Crippen MR) is 77.8 cm³/mol. The molecule has 3 N–H and O–H groups in total. The summed E-state index contributed by atoms with van der Waals surface area (Å²) in [5, 5.41) is 2.58. The molecule has 0 spiro atoms. The fourth-order valence-corrected chi connectivity index (χ4v) is 2.12. The highest BCUT2D eigenvalue weighted by atomic mass is 19.1. The number of nitrogens with two attached hydrogens (primary N) is 1. The second-order valence-electron chi connectivity index (χ2n) is 4.66. The molecule has 0 atom stereocenters. The summed E-state index contributed by atoms with van der Waals surface area (Å²) in [5.74, 6) is -2.34. The molecule has 2 aromatic carbocycles. The van der Waals surface area contributed by atoms with E-state index in [4.69, 9.17) is 5.73 Å². The number of rotatable bonds is 4. The molecule has 2 aromatic rings. The molecular formula is C16H16F2N2O. The van der Waals surface area contributed by atoms with Crippen LogP contribution >= 0.6 is 0 Å². The number of hydrogen-bond donors (Lipinski definition) is 2. The van der Waals surface area contributed by atoms with E-state index in [2.05, 4.69) is 5.32 Å². The zero-order chi connectivity index (χ0) is 15.4. The van der Waals surface area contributed by atoms with Gasteiger partial charge >= 0.3 is 0 Å². The third-order valence-electron chi connectivity index (χ3n) is 3.25. The van der Waals surface area contributed by atoms with Gasteiger partial charge in [-0.3, -0.25) is 4.79 Å². The van der Waals surface area contributed by atoms with Crippen molar-refractivity contribution < 1.29 is 13.6 Å². The van der Waals surface area contributed by atoms with Crippen LogP contribution in [-0.2, 0) is 13.0 Å². The van der Waals surface area contributed by atoms with E-state index in [1.165, 1.54) is 0 Å². The van der Waals surface area contributed by atoms with E-state index < -0.39 is 17.5 Å². The van der Waals surface area contributed by atoms with E-state index in [0.717, 1.165) is 29.7 Å². The molecule has 5 heteroatoms. The van der Waals surface area contributed by atoms with Gasteiger partial charge in [0.1, 0.15) is 5.82 Å². The molecule has 0 saturated heterocycles. The molecule has 0 saturated carbocycles. The Balaban J connectivity index is 2.16. The van der Waals surface area contributed by atoms with Crippen LogP contribution in [0.3, 0.4) is 0 Å². The number of carbonyl (C=O) groups is 1. The average molecular weight is 290 g/mol. The highest BCUT2D eigenvalue weighted by molar-refractivity contribution is 5.95. The Bertz CT molecular complexity index is 671. The first-order valence-electron chi connectivity index (χ1n) is 6.62. The maximum absolute atomic E-state index is 13.8. The smallest absolute Gasteiger partial charge is 0.254 e. The molecule has 0 fully saturated rings. The van der Waals surface area contributed by atoms with Crippen LogP contribution in [0.25, 0.3) is 0 Å². The molecule has 0 bridgehead atoms. The quantitative estimate of drug-likeness (QED) is 0.850. The molecular weight excluding hydrogens is 274 g/mol. The van der Waals surface area contributed by atoms with Crippen LogP contribution in [0, 0.1) is 11.6 Å². The predicted octanol–water partition coefficient (Wildman–Crippen LogP) is 3.04. The lowest BCUT2D eigenvalue weighted by molar-refractivity contribution is 0.0946. The van der Waals surface area contributed by atoms with Gasteiger partial charge in [-0.05, 0) is 29.7 Å². The van der Waals surface area contributed by atoms with Gasteiger partial charge < -0.3 is 11.1 Å². The lowest BCUT2D eigenvalue weighted by Gasteiger charge is -2.10.